The van der Waals surface area contributed by atoms with Gasteiger partial charge >= 0.3 is 0 Å². The van der Waals surface area contributed by atoms with E-state index in [1.807, 2.05) is 7.05 Å². The topological polar surface area (TPSA) is 12.0 Å². The van der Waals surface area contributed by atoms with Crippen LogP contribution >= 0.6 is 11.6 Å². The monoisotopic (exact) mass is 211 g/mol. The molecular weight excluding hydrogens is 194 g/mol. The Kier molecular flexibility index (Phi) is 4.43. The number of nitrogens with one attached hydrogen (secondary N) is 1. The Morgan fingerprint density at radius 1 is 1.21 bits per heavy atom. The SMILES string of the molecule is CCC(C)c1ccc(C(Cl)NC)cc1. The number of rotatable bonds is 4. The van der Waals surface area contributed by atoms with E-state index in [1.165, 1.54) is 12.0 Å². The first-order valence-electron chi connectivity index (χ1n) is 5.10. The highest BCUT2D eigenvalue weighted by Crippen LogP contribution is 2.22. The fraction of sp³-hybridized carbons (Fsp3) is 0.500. The van der Waals surface area contributed by atoms with Gasteiger partial charge in [0.25, 0.3) is 0 Å². The molecule has 78 valence electrons. The summed E-state index contributed by atoms with van der Waals surface area (Å²) in [5.41, 5.74) is 2.43. The van der Waals surface area contributed by atoms with Crippen molar-refractivity contribution in [1.29, 1.82) is 0 Å². The zero-order valence-electron chi connectivity index (χ0n) is 9.05. The summed E-state index contributed by atoms with van der Waals surface area (Å²) in [6, 6.07) is 8.51. The third-order valence-corrected chi connectivity index (χ3v) is 3.13. The van der Waals surface area contributed by atoms with Crippen LogP contribution in [-0.4, -0.2) is 7.05 Å². The molecule has 0 aromatic heterocycles. The number of hydrogen-bond donors (Lipinski definition) is 1. The Labute approximate surface area is 91.5 Å². The second-order valence-electron chi connectivity index (χ2n) is 3.63. The van der Waals surface area contributed by atoms with E-state index >= 15 is 0 Å². The number of alkyl halides is 1. The zero-order chi connectivity index (χ0) is 10.6. The molecule has 2 unspecified atom stereocenters. The van der Waals surface area contributed by atoms with E-state index in [0.29, 0.717) is 5.92 Å². The van der Waals surface area contributed by atoms with Crippen LogP contribution in [-0.2, 0) is 0 Å². The molecule has 1 rings (SSSR count). The van der Waals surface area contributed by atoms with Gasteiger partial charge in [-0.1, -0.05) is 38.1 Å². The lowest BCUT2D eigenvalue weighted by atomic mass is 9.98. The van der Waals surface area contributed by atoms with Gasteiger partial charge in [0.2, 0.25) is 0 Å². The summed E-state index contributed by atoms with van der Waals surface area (Å²) in [7, 11) is 1.86. The highest BCUT2D eigenvalue weighted by atomic mass is 35.5. The summed E-state index contributed by atoms with van der Waals surface area (Å²) in [5, 5.41) is 3.01. The van der Waals surface area contributed by atoms with Crippen molar-refractivity contribution in [1.82, 2.24) is 5.32 Å². The van der Waals surface area contributed by atoms with Gasteiger partial charge in [0.1, 0.15) is 5.50 Å². The Morgan fingerprint density at radius 2 is 1.71 bits per heavy atom. The maximum absolute atomic E-state index is 6.05. The summed E-state index contributed by atoms with van der Waals surface area (Å²) < 4.78 is 0. The third kappa shape index (κ3) is 2.73. The summed E-state index contributed by atoms with van der Waals surface area (Å²) >= 11 is 6.05. The van der Waals surface area contributed by atoms with E-state index in [4.69, 9.17) is 11.6 Å². The molecule has 14 heavy (non-hydrogen) atoms. The van der Waals surface area contributed by atoms with Crippen molar-refractivity contribution in [3.05, 3.63) is 35.4 Å². The molecule has 0 aliphatic heterocycles. The van der Waals surface area contributed by atoms with Crippen LogP contribution in [0.2, 0.25) is 0 Å². The van der Waals surface area contributed by atoms with Crippen LogP contribution in [0.4, 0.5) is 0 Å². The molecule has 1 aromatic rings. The van der Waals surface area contributed by atoms with Crippen molar-refractivity contribution in [3.8, 4) is 0 Å². The summed E-state index contributed by atoms with van der Waals surface area (Å²) in [5.74, 6) is 0.632. The van der Waals surface area contributed by atoms with E-state index in [9.17, 15) is 0 Å². The molecule has 0 fully saturated rings. The minimum atomic E-state index is -0.0824. The highest BCUT2D eigenvalue weighted by molar-refractivity contribution is 6.20. The lowest BCUT2D eigenvalue weighted by Gasteiger charge is -2.12. The molecule has 0 amide bonds. The molecule has 0 aliphatic carbocycles. The smallest absolute Gasteiger partial charge is 0.108 e. The molecular formula is C12H18ClN. The Balaban J connectivity index is 2.78. The van der Waals surface area contributed by atoms with Crippen LogP contribution in [0.1, 0.15) is 42.8 Å². The quantitative estimate of drug-likeness (QED) is 0.592. The van der Waals surface area contributed by atoms with Gasteiger partial charge in [-0.25, -0.2) is 0 Å². The van der Waals surface area contributed by atoms with Crippen molar-refractivity contribution in [2.45, 2.75) is 31.7 Å². The molecule has 0 radical (unpaired) electrons. The molecule has 0 aliphatic rings. The molecule has 0 saturated carbocycles. The van der Waals surface area contributed by atoms with E-state index in [1.54, 1.807) is 0 Å². The van der Waals surface area contributed by atoms with E-state index in [0.717, 1.165) is 5.56 Å². The summed E-state index contributed by atoms with van der Waals surface area (Å²) in [6.07, 6.45) is 1.18. The maximum Gasteiger partial charge on any atom is 0.108 e. The largest absolute Gasteiger partial charge is 0.301 e. The van der Waals surface area contributed by atoms with E-state index < -0.39 is 0 Å². The minimum absolute atomic E-state index is 0.0824. The second kappa shape index (κ2) is 5.38. The van der Waals surface area contributed by atoms with E-state index in [2.05, 4.69) is 43.4 Å². The second-order valence-corrected chi connectivity index (χ2v) is 4.06. The van der Waals surface area contributed by atoms with Gasteiger partial charge in [0, 0.05) is 0 Å². The van der Waals surface area contributed by atoms with Gasteiger partial charge < -0.3 is 5.32 Å². The van der Waals surface area contributed by atoms with Gasteiger partial charge in [0.15, 0.2) is 0 Å². The van der Waals surface area contributed by atoms with Crippen LogP contribution in [0, 0.1) is 0 Å². The van der Waals surface area contributed by atoms with Crippen molar-refractivity contribution >= 4 is 11.6 Å². The van der Waals surface area contributed by atoms with Gasteiger partial charge in [-0.15, -0.1) is 11.6 Å². The highest BCUT2D eigenvalue weighted by Gasteiger charge is 2.06. The molecule has 1 N–H and O–H groups in total. The van der Waals surface area contributed by atoms with Gasteiger partial charge in [-0.3, -0.25) is 0 Å². The first kappa shape index (κ1) is 11.5. The van der Waals surface area contributed by atoms with Crippen LogP contribution < -0.4 is 5.32 Å². The predicted octanol–water partition coefficient (Wildman–Crippen LogP) is 3.66. The van der Waals surface area contributed by atoms with E-state index in [-0.39, 0.29) is 5.50 Å². The van der Waals surface area contributed by atoms with Gasteiger partial charge in [-0.2, -0.15) is 0 Å². The molecule has 2 atom stereocenters. The average Bonchev–Trinajstić information content (AvgIpc) is 2.27. The fourth-order valence-electron chi connectivity index (χ4n) is 1.40. The molecule has 0 spiro atoms. The molecule has 0 bridgehead atoms. The normalized spacial score (nSPS) is 15.1. The molecule has 1 nitrogen and oxygen atoms in total. The standard InChI is InChI=1S/C12H18ClN/c1-4-9(2)10-5-7-11(8-6-10)12(13)14-3/h5-9,12,14H,4H2,1-3H3. The fourth-order valence-corrected chi connectivity index (χ4v) is 1.54. The Bertz CT molecular complexity index is 239. The zero-order valence-corrected chi connectivity index (χ0v) is 9.81. The first-order chi connectivity index (χ1) is 6.69. The van der Waals surface area contributed by atoms with Gasteiger partial charge in [0.05, 0.1) is 0 Å². The van der Waals surface area contributed by atoms with Crippen molar-refractivity contribution in [2.24, 2.45) is 0 Å². The number of benzene rings is 1. The Morgan fingerprint density at radius 3 is 2.14 bits per heavy atom. The lowest BCUT2D eigenvalue weighted by Crippen LogP contribution is -2.09. The molecule has 2 heteroatoms. The number of halogens is 1. The van der Waals surface area contributed by atoms with Crippen molar-refractivity contribution in [3.63, 3.8) is 0 Å². The van der Waals surface area contributed by atoms with Crippen LogP contribution in [0.25, 0.3) is 0 Å². The third-order valence-electron chi connectivity index (χ3n) is 2.66. The van der Waals surface area contributed by atoms with Crippen molar-refractivity contribution in [2.75, 3.05) is 7.05 Å². The summed E-state index contributed by atoms with van der Waals surface area (Å²) in [6.45, 7) is 4.45. The molecule has 0 heterocycles. The van der Waals surface area contributed by atoms with Crippen LogP contribution in [0.15, 0.2) is 24.3 Å². The first-order valence-corrected chi connectivity index (χ1v) is 5.53. The Hall–Kier alpha value is -0.530. The van der Waals surface area contributed by atoms with Gasteiger partial charge in [-0.05, 0) is 30.5 Å². The lowest BCUT2D eigenvalue weighted by molar-refractivity contribution is 0.730. The summed E-state index contributed by atoms with van der Waals surface area (Å²) in [4.78, 5) is 0. The predicted molar refractivity (Wildman–Crippen MR) is 62.8 cm³/mol. The average molecular weight is 212 g/mol. The minimum Gasteiger partial charge on any atom is -0.301 e. The van der Waals surface area contributed by atoms with Crippen LogP contribution in [0.5, 0.6) is 0 Å². The van der Waals surface area contributed by atoms with Crippen LogP contribution in [0.3, 0.4) is 0 Å². The van der Waals surface area contributed by atoms with Crippen molar-refractivity contribution < 1.29 is 0 Å². The molecule has 1 aromatic carbocycles. The number of hydrogen-bond acceptors (Lipinski definition) is 1. The molecule has 0 saturated heterocycles. The maximum atomic E-state index is 6.05.